The van der Waals surface area contributed by atoms with Crippen molar-refractivity contribution in [1.29, 1.82) is 0 Å². The maximum atomic E-state index is 11.7. The van der Waals surface area contributed by atoms with Crippen molar-refractivity contribution in [3.05, 3.63) is 12.2 Å². The highest BCUT2D eigenvalue weighted by Crippen LogP contribution is 2.13. The van der Waals surface area contributed by atoms with Gasteiger partial charge in [-0.15, -0.1) is 5.92 Å². The number of carbonyl (C=O) groups excluding carboxylic acids is 3. The number of rotatable bonds is 7. The van der Waals surface area contributed by atoms with Crippen molar-refractivity contribution in [2.75, 3.05) is 6.61 Å². The van der Waals surface area contributed by atoms with Gasteiger partial charge in [-0.3, -0.25) is 14.4 Å². The molecule has 0 saturated carbocycles. The molecule has 0 bridgehead atoms. The lowest BCUT2D eigenvalue weighted by molar-refractivity contribution is -0.150. The number of carbonyl (C=O) groups is 3. The molecule has 3 atom stereocenters. The molecule has 1 aliphatic rings. The molecule has 6 heteroatoms. The zero-order chi connectivity index (χ0) is 17.9. The average Bonchev–Trinajstić information content (AvgIpc) is 2.49. The normalized spacial score (nSPS) is 20.7. The van der Waals surface area contributed by atoms with Crippen LogP contribution >= 0.6 is 0 Å². The monoisotopic (exact) mass is 336 g/mol. The molecule has 0 aliphatic carbocycles. The lowest BCUT2D eigenvalue weighted by Crippen LogP contribution is -2.33. The van der Waals surface area contributed by atoms with Gasteiger partial charge in [-0.25, -0.2) is 0 Å². The first-order chi connectivity index (χ1) is 11.4. The van der Waals surface area contributed by atoms with E-state index in [2.05, 4.69) is 11.8 Å². The highest BCUT2D eigenvalue weighted by atomic mass is 16.5. The van der Waals surface area contributed by atoms with Gasteiger partial charge < -0.3 is 14.2 Å². The van der Waals surface area contributed by atoms with Crippen molar-refractivity contribution >= 4 is 17.7 Å². The lowest BCUT2D eigenvalue weighted by Gasteiger charge is -2.21. The van der Waals surface area contributed by atoms with E-state index >= 15 is 0 Å². The highest BCUT2D eigenvalue weighted by molar-refractivity contribution is 5.96. The zero-order valence-electron chi connectivity index (χ0n) is 14.4. The SMILES string of the molecule is CCOC(=O)C[C@H]1O[C@H](C#CCCC[C@@H](C)OC(C)=O)C=CC1=O. The second kappa shape index (κ2) is 10.6. The van der Waals surface area contributed by atoms with E-state index in [-0.39, 0.29) is 30.9 Å². The van der Waals surface area contributed by atoms with Crippen LogP contribution in [0.15, 0.2) is 12.2 Å². The summed E-state index contributed by atoms with van der Waals surface area (Å²) in [6.45, 7) is 5.20. The van der Waals surface area contributed by atoms with Crippen molar-refractivity contribution < 1.29 is 28.6 Å². The van der Waals surface area contributed by atoms with E-state index < -0.39 is 18.2 Å². The summed E-state index contributed by atoms with van der Waals surface area (Å²) in [6, 6.07) is 0. The second-order valence-electron chi connectivity index (χ2n) is 5.45. The standard InChI is InChI=1S/C18H24O6/c1-4-22-18(21)12-17-16(20)11-10-15(24-17)9-7-5-6-8-13(2)23-14(3)19/h10-11,13,15,17H,4-6,8,12H2,1-3H3/t13-,15-,17-/m1/s1. The second-order valence-corrected chi connectivity index (χ2v) is 5.45. The molecular weight excluding hydrogens is 312 g/mol. The van der Waals surface area contributed by atoms with E-state index in [9.17, 15) is 14.4 Å². The van der Waals surface area contributed by atoms with Gasteiger partial charge in [-0.1, -0.05) is 5.92 Å². The van der Waals surface area contributed by atoms with Crippen LogP contribution in [-0.2, 0) is 28.6 Å². The van der Waals surface area contributed by atoms with Crippen LogP contribution in [0.4, 0.5) is 0 Å². The van der Waals surface area contributed by atoms with Gasteiger partial charge in [-0.05, 0) is 38.8 Å². The molecule has 6 nitrogen and oxygen atoms in total. The molecule has 24 heavy (non-hydrogen) atoms. The molecule has 0 radical (unpaired) electrons. The van der Waals surface area contributed by atoms with E-state index in [0.717, 1.165) is 12.8 Å². The molecule has 132 valence electrons. The number of unbranched alkanes of at least 4 members (excludes halogenated alkanes) is 1. The van der Waals surface area contributed by atoms with Crippen LogP contribution in [0.3, 0.4) is 0 Å². The molecule has 1 heterocycles. The third-order valence-electron chi connectivity index (χ3n) is 3.24. The molecule has 1 aliphatic heterocycles. The topological polar surface area (TPSA) is 78.9 Å². The Morgan fingerprint density at radius 1 is 1.42 bits per heavy atom. The first-order valence-corrected chi connectivity index (χ1v) is 8.11. The molecule has 1 rings (SSSR count). The summed E-state index contributed by atoms with van der Waals surface area (Å²) in [5.41, 5.74) is 0. The van der Waals surface area contributed by atoms with E-state index in [1.54, 1.807) is 13.0 Å². The van der Waals surface area contributed by atoms with Crippen molar-refractivity contribution in [2.45, 2.75) is 64.8 Å². The molecule has 0 saturated heterocycles. The lowest BCUT2D eigenvalue weighted by atomic mass is 10.1. The third kappa shape index (κ3) is 7.93. The van der Waals surface area contributed by atoms with Crippen molar-refractivity contribution in [2.24, 2.45) is 0 Å². The molecule has 0 N–H and O–H groups in total. The molecular formula is C18H24O6. The maximum Gasteiger partial charge on any atom is 0.308 e. The van der Waals surface area contributed by atoms with Gasteiger partial charge in [0.15, 0.2) is 5.78 Å². The van der Waals surface area contributed by atoms with E-state index in [1.807, 2.05) is 6.92 Å². The van der Waals surface area contributed by atoms with E-state index in [0.29, 0.717) is 6.42 Å². The third-order valence-corrected chi connectivity index (χ3v) is 3.24. The van der Waals surface area contributed by atoms with Crippen LogP contribution in [0.25, 0.3) is 0 Å². The number of hydrogen-bond acceptors (Lipinski definition) is 6. The van der Waals surface area contributed by atoms with Gasteiger partial charge in [0.25, 0.3) is 0 Å². The van der Waals surface area contributed by atoms with Crippen molar-refractivity contribution in [3.8, 4) is 11.8 Å². The predicted molar refractivity (Wildman–Crippen MR) is 86.9 cm³/mol. The van der Waals surface area contributed by atoms with E-state index in [1.165, 1.54) is 13.0 Å². The summed E-state index contributed by atoms with van der Waals surface area (Å²) in [6.07, 6.45) is 3.58. The Bertz CT molecular complexity index is 539. The van der Waals surface area contributed by atoms with Gasteiger partial charge in [0, 0.05) is 13.3 Å². The Hall–Kier alpha value is -2.13. The summed E-state index contributed by atoms with van der Waals surface area (Å²) >= 11 is 0. The number of esters is 2. The van der Waals surface area contributed by atoms with Gasteiger partial charge in [0.1, 0.15) is 12.2 Å². The highest BCUT2D eigenvalue weighted by Gasteiger charge is 2.27. The van der Waals surface area contributed by atoms with E-state index in [4.69, 9.17) is 14.2 Å². The fraction of sp³-hybridized carbons (Fsp3) is 0.611. The van der Waals surface area contributed by atoms with Gasteiger partial charge in [0.05, 0.1) is 19.1 Å². The maximum absolute atomic E-state index is 11.7. The molecule has 0 aromatic heterocycles. The van der Waals surface area contributed by atoms with Crippen LogP contribution < -0.4 is 0 Å². The minimum atomic E-state index is -0.836. The molecule has 0 unspecified atom stereocenters. The Morgan fingerprint density at radius 2 is 2.17 bits per heavy atom. The smallest absolute Gasteiger partial charge is 0.308 e. The van der Waals surface area contributed by atoms with Crippen molar-refractivity contribution in [3.63, 3.8) is 0 Å². The van der Waals surface area contributed by atoms with Crippen LogP contribution in [0, 0.1) is 11.8 Å². The fourth-order valence-electron chi connectivity index (χ4n) is 2.17. The minimum Gasteiger partial charge on any atom is -0.466 e. The molecule has 0 spiro atoms. The largest absolute Gasteiger partial charge is 0.466 e. The molecule has 0 aromatic carbocycles. The Morgan fingerprint density at radius 3 is 2.83 bits per heavy atom. The van der Waals surface area contributed by atoms with Crippen LogP contribution in [0.1, 0.15) is 46.5 Å². The predicted octanol–water partition coefficient (Wildman–Crippen LogP) is 1.96. The Balaban J connectivity index is 2.38. The fourth-order valence-corrected chi connectivity index (χ4v) is 2.17. The zero-order valence-corrected chi connectivity index (χ0v) is 14.4. The first-order valence-electron chi connectivity index (χ1n) is 8.11. The molecule has 0 aromatic rings. The number of ketones is 1. The quantitative estimate of drug-likeness (QED) is 0.402. The van der Waals surface area contributed by atoms with Crippen LogP contribution in [0.2, 0.25) is 0 Å². The van der Waals surface area contributed by atoms with Crippen LogP contribution in [-0.4, -0.2) is 42.6 Å². The molecule has 0 amide bonds. The minimum absolute atomic E-state index is 0.102. The van der Waals surface area contributed by atoms with Gasteiger partial charge in [0.2, 0.25) is 0 Å². The number of ether oxygens (including phenoxy) is 3. The summed E-state index contributed by atoms with van der Waals surface area (Å²) in [7, 11) is 0. The van der Waals surface area contributed by atoms with Gasteiger partial charge in [-0.2, -0.15) is 0 Å². The Labute approximate surface area is 142 Å². The molecule has 0 fully saturated rings. The Kier molecular flexibility index (Phi) is 8.80. The summed E-state index contributed by atoms with van der Waals surface area (Å²) in [4.78, 5) is 34.0. The summed E-state index contributed by atoms with van der Waals surface area (Å²) in [5.74, 6) is 4.90. The van der Waals surface area contributed by atoms with Crippen molar-refractivity contribution in [1.82, 2.24) is 0 Å². The summed E-state index contributed by atoms with van der Waals surface area (Å²) in [5, 5.41) is 0. The summed E-state index contributed by atoms with van der Waals surface area (Å²) < 4.78 is 15.4. The first kappa shape index (κ1) is 19.9. The number of hydrogen-bond donors (Lipinski definition) is 0. The average molecular weight is 336 g/mol. The van der Waals surface area contributed by atoms with Crippen LogP contribution in [0.5, 0.6) is 0 Å². The van der Waals surface area contributed by atoms with Gasteiger partial charge >= 0.3 is 11.9 Å².